The molecule has 3 nitrogen and oxygen atoms in total. The first kappa shape index (κ1) is 18.0. The third-order valence-electron chi connectivity index (χ3n) is 4.32. The molecule has 26 heavy (non-hydrogen) atoms. The van der Waals surface area contributed by atoms with E-state index in [-0.39, 0.29) is 12.0 Å². The number of furan rings is 1. The summed E-state index contributed by atoms with van der Waals surface area (Å²) in [6.07, 6.45) is -3.07. The van der Waals surface area contributed by atoms with Crippen molar-refractivity contribution in [3.8, 4) is 0 Å². The molecule has 6 heteroatoms. The fourth-order valence-corrected chi connectivity index (χ4v) is 2.76. The first-order valence-electron chi connectivity index (χ1n) is 8.04. The van der Waals surface area contributed by atoms with Gasteiger partial charge in [-0.3, -0.25) is 4.79 Å². The van der Waals surface area contributed by atoms with Gasteiger partial charge in [0.05, 0.1) is 18.2 Å². The standard InChI is InChI=1S/C20H17F3O3/c1-12-7-16-15(11-25-18(16)8-13(12)2)9-19(24)26-10-14-5-3-4-6-17(14)20(21,22)23/h3-8,11H,9-10H2,1-2H3. The number of aryl methyl sites for hydroxylation is 2. The molecule has 0 radical (unpaired) electrons. The predicted molar refractivity (Wildman–Crippen MR) is 90.6 cm³/mol. The van der Waals surface area contributed by atoms with Crippen molar-refractivity contribution in [3.05, 3.63) is 70.5 Å². The minimum absolute atomic E-state index is 0.0658. The molecule has 0 bridgehead atoms. The van der Waals surface area contributed by atoms with Gasteiger partial charge in [0, 0.05) is 16.5 Å². The molecule has 0 saturated heterocycles. The smallest absolute Gasteiger partial charge is 0.416 e. The maximum absolute atomic E-state index is 13.0. The van der Waals surface area contributed by atoms with Crippen molar-refractivity contribution in [2.45, 2.75) is 33.1 Å². The van der Waals surface area contributed by atoms with Gasteiger partial charge in [-0.1, -0.05) is 18.2 Å². The Morgan fingerprint density at radius 1 is 1.08 bits per heavy atom. The molecule has 3 aromatic rings. The van der Waals surface area contributed by atoms with Gasteiger partial charge in [-0.25, -0.2) is 0 Å². The highest BCUT2D eigenvalue weighted by Crippen LogP contribution is 2.32. The Morgan fingerprint density at radius 3 is 2.50 bits per heavy atom. The molecule has 136 valence electrons. The molecule has 0 aliphatic rings. The van der Waals surface area contributed by atoms with E-state index in [1.54, 1.807) is 0 Å². The van der Waals surface area contributed by atoms with Gasteiger partial charge in [0.15, 0.2) is 0 Å². The van der Waals surface area contributed by atoms with Crippen molar-refractivity contribution in [1.29, 1.82) is 0 Å². The van der Waals surface area contributed by atoms with Crippen LogP contribution >= 0.6 is 0 Å². The number of hydrogen-bond acceptors (Lipinski definition) is 3. The lowest BCUT2D eigenvalue weighted by Gasteiger charge is -2.12. The summed E-state index contributed by atoms with van der Waals surface area (Å²) < 4.78 is 49.4. The highest BCUT2D eigenvalue weighted by molar-refractivity contribution is 5.86. The summed E-state index contributed by atoms with van der Waals surface area (Å²) in [5.41, 5.74) is 2.58. The topological polar surface area (TPSA) is 39.4 Å². The third kappa shape index (κ3) is 3.74. The third-order valence-corrected chi connectivity index (χ3v) is 4.32. The molecule has 0 aliphatic carbocycles. The Bertz CT molecular complexity index is 955. The average Bonchev–Trinajstić information content (AvgIpc) is 2.94. The molecule has 0 atom stereocenters. The summed E-state index contributed by atoms with van der Waals surface area (Å²) in [7, 11) is 0. The zero-order chi connectivity index (χ0) is 18.9. The minimum Gasteiger partial charge on any atom is -0.464 e. The van der Waals surface area contributed by atoms with Gasteiger partial charge < -0.3 is 9.15 Å². The van der Waals surface area contributed by atoms with E-state index in [2.05, 4.69) is 0 Å². The molecule has 0 N–H and O–H groups in total. The summed E-state index contributed by atoms with van der Waals surface area (Å²) in [5, 5.41) is 0.806. The number of halogens is 3. The number of carbonyl (C=O) groups excluding carboxylic acids is 1. The number of ether oxygens (including phenoxy) is 1. The van der Waals surface area contributed by atoms with E-state index in [1.807, 2.05) is 26.0 Å². The number of hydrogen-bond donors (Lipinski definition) is 0. The number of esters is 1. The summed E-state index contributed by atoms with van der Waals surface area (Å²) in [5.74, 6) is -0.608. The van der Waals surface area contributed by atoms with Crippen molar-refractivity contribution < 1.29 is 27.1 Å². The van der Waals surface area contributed by atoms with Crippen LogP contribution in [0.2, 0.25) is 0 Å². The Labute approximate surface area is 148 Å². The van der Waals surface area contributed by atoms with Crippen LogP contribution in [0.4, 0.5) is 13.2 Å². The summed E-state index contributed by atoms with van der Waals surface area (Å²) >= 11 is 0. The second-order valence-corrected chi connectivity index (χ2v) is 6.19. The number of fused-ring (bicyclic) bond motifs is 1. The molecule has 2 aromatic carbocycles. The lowest BCUT2D eigenvalue weighted by Crippen LogP contribution is -2.13. The predicted octanol–water partition coefficient (Wildman–Crippen LogP) is 5.35. The number of alkyl halides is 3. The van der Waals surface area contributed by atoms with Gasteiger partial charge in [-0.15, -0.1) is 0 Å². The van der Waals surface area contributed by atoms with Crippen LogP contribution in [0.5, 0.6) is 0 Å². The second-order valence-electron chi connectivity index (χ2n) is 6.19. The molecule has 0 amide bonds. The normalized spacial score (nSPS) is 11.7. The average molecular weight is 362 g/mol. The zero-order valence-corrected chi connectivity index (χ0v) is 14.3. The highest BCUT2D eigenvalue weighted by Gasteiger charge is 2.33. The largest absolute Gasteiger partial charge is 0.464 e. The van der Waals surface area contributed by atoms with Gasteiger partial charge in [0.25, 0.3) is 0 Å². The first-order valence-corrected chi connectivity index (χ1v) is 8.04. The molecule has 3 rings (SSSR count). The van der Waals surface area contributed by atoms with Crippen LogP contribution in [0, 0.1) is 13.8 Å². The van der Waals surface area contributed by atoms with Crippen molar-refractivity contribution in [3.63, 3.8) is 0 Å². The van der Waals surface area contributed by atoms with E-state index >= 15 is 0 Å². The quantitative estimate of drug-likeness (QED) is 0.587. The van der Waals surface area contributed by atoms with Crippen LogP contribution in [0.15, 0.2) is 47.1 Å². The summed E-state index contributed by atoms with van der Waals surface area (Å²) in [6, 6.07) is 8.87. The maximum atomic E-state index is 13.0. The molecule has 0 spiro atoms. The van der Waals surface area contributed by atoms with E-state index < -0.39 is 24.3 Å². The van der Waals surface area contributed by atoms with Gasteiger partial charge in [0.1, 0.15) is 12.2 Å². The summed E-state index contributed by atoms with van der Waals surface area (Å²) in [4.78, 5) is 12.1. The van der Waals surface area contributed by atoms with E-state index in [4.69, 9.17) is 9.15 Å². The Kier molecular flexibility index (Phi) is 4.76. The Morgan fingerprint density at radius 2 is 1.77 bits per heavy atom. The molecule has 0 saturated carbocycles. The fraction of sp³-hybridized carbons (Fsp3) is 0.250. The number of rotatable bonds is 4. The van der Waals surface area contributed by atoms with Crippen molar-refractivity contribution >= 4 is 16.9 Å². The van der Waals surface area contributed by atoms with E-state index in [0.717, 1.165) is 22.6 Å². The fourth-order valence-electron chi connectivity index (χ4n) is 2.76. The first-order chi connectivity index (χ1) is 12.3. The van der Waals surface area contributed by atoms with Crippen molar-refractivity contribution in [1.82, 2.24) is 0 Å². The van der Waals surface area contributed by atoms with Gasteiger partial charge in [-0.05, 0) is 43.2 Å². The van der Waals surface area contributed by atoms with Crippen molar-refractivity contribution in [2.24, 2.45) is 0 Å². The van der Waals surface area contributed by atoms with Crippen LogP contribution in [-0.4, -0.2) is 5.97 Å². The van der Waals surface area contributed by atoms with E-state index in [9.17, 15) is 18.0 Å². The number of benzene rings is 2. The molecule has 0 aliphatic heterocycles. The van der Waals surface area contributed by atoms with E-state index in [0.29, 0.717) is 11.1 Å². The second kappa shape index (κ2) is 6.86. The molecule has 1 aromatic heterocycles. The zero-order valence-electron chi connectivity index (χ0n) is 14.3. The van der Waals surface area contributed by atoms with Gasteiger partial charge in [-0.2, -0.15) is 13.2 Å². The number of carbonyl (C=O) groups is 1. The molecular weight excluding hydrogens is 345 g/mol. The maximum Gasteiger partial charge on any atom is 0.416 e. The molecule has 1 heterocycles. The van der Waals surface area contributed by atoms with Gasteiger partial charge >= 0.3 is 12.1 Å². The van der Waals surface area contributed by atoms with Crippen LogP contribution in [0.25, 0.3) is 11.0 Å². The Hall–Kier alpha value is -2.76. The molecule has 0 fully saturated rings. The highest BCUT2D eigenvalue weighted by atomic mass is 19.4. The molecular formula is C20H17F3O3. The van der Waals surface area contributed by atoms with Crippen LogP contribution in [0.3, 0.4) is 0 Å². The lowest BCUT2D eigenvalue weighted by atomic mass is 10.0. The van der Waals surface area contributed by atoms with Crippen LogP contribution in [-0.2, 0) is 28.7 Å². The Balaban J connectivity index is 1.72. The summed E-state index contributed by atoms with van der Waals surface area (Å²) in [6.45, 7) is 3.49. The SMILES string of the molecule is Cc1cc2occ(CC(=O)OCc3ccccc3C(F)(F)F)c2cc1C. The molecule has 0 unspecified atom stereocenters. The van der Waals surface area contributed by atoms with Crippen LogP contribution in [0.1, 0.15) is 27.8 Å². The lowest BCUT2D eigenvalue weighted by molar-refractivity contribution is -0.147. The van der Waals surface area contributed by atoms with Crippen molar-refractivity contribution in [2.75, 3.05) is 0 Å². The van der Waals surface area contributed by atoms with Crippen LogP contribution < -0.4 is 0 Å². The monoisotopic (exact) mass is 362 g/mol. The van der Waals surface area contributed by atoms with Gasteiger partial charge in [0.2, 0.25) is 0 Å². The minimum atomic E-state index is -4.49. The van der Waals surface area contributed by atoms with E-state index in [1.165, 1.54) is 24.5 Å².